The van der Waals surface area contributed by atoms with Crippen molar-refractivity contribution in [1.82, 2.24) is 5.10 Å². The molecule has 0 N–H and O–H groups in total. The molecule has 0 aliphatic carbocycles. The van der Waals surface area contributed by atoms with Gasteiger partial charge in [-0.25, -0.2) is 0 Å². The minimum Gasteiger partial charge on any atom is -0.0314 e. The maximum atomic E-state index is 11.7. The molecule has 0 radical (unpaired) electrons. The van der Waals surface area contributed by atoms with Crippen LogP contribution in [0.1, 0.15) is 0 Å². The van der Waals surface area contributed by atoms with E-state index in [1.807, 2.05) is 0 Å². The number of hydrogen-bond donors (Lipinski definition) is 0. The Morgan fingerprint density at radius 2 is 2.29 bits per heavy atom. The van der Waals surface area contributed by atoms with Crippen LogP contribution in [0.15, 0.2) is 24.5 Å². The minimum atomic E-state index is 0.250. The number of rotatable bonds is 0. The minimum absolute atomic E-state index is 0.250. The van der Waals surface area contributed by atoms with Crippen molar-refractivity contribution in [3.8, 4) is 0 Å². The summed E-state index contributed by atoms with van der Waals surface area (Å²) in [5.74, 6) is 0. The molecule has 0 aliphatic heterocycles. The zero-order chi connectivity index (χ0) is 5.11. The summed E-state index contributed by atoms with van der Waals surface area (Å²) in [6, 6.07) is 3.21. The SMILES string of the molecule is F[n+]1ccccn1. The van der Waals surface area contributed by atoms with Gasteiger partial charge in [0.15, 0.2) is 0 Å². The molecular weight excluding hydrogens is 95.1 g/mol. The van der Waals surface area contributed by atoms with Gasteiger partial charge in [0.25, 0.3) is 0 Å². The Morgan fingerprint density at radius 3 is 2.57 bits per heavy atom. The predicted octanol–water partition coefficient (Wildman–Crippen LogP) is 0.102. The van der Waals surface area contributed by atoms with Crippen LogP contribution in [-0.4, -0.2) is 5.10 Å². The van der Waals surface area contributed by atoms with Gasteiger partial charge in [0, 0.05) is 11.2 Å². The van der Waals surface area contributed by atoms with E-state index in [1.54, 1.807) is 12.1 Å². The Balaban J connectivity index is 3.02. The molecule has 0 amide bonds. The van der Waals surface area contributed by atoms with E-state index in [9.17, 15) is 4.48 Å². The van der Waals surface area contributed by atoms with E-state index in [-0.39, 0.29) is 4.90 Å². The van der Waals surface area contributed by atoms with Gasteiger partial charge in [-0.05, 0) is 6.07 Å². The Kier molecular flexibility index (Phi) is 0.978. The molecule has 36 valence electrons. The van der Waals surface area contributed by atoms with Crippen LogP contribution in [0.25, 0.3) is 0 Å². The van der Waals surface area contributed by atoms with E-state index in [0.717, 1.165) is 0 Å². The zero-order valence-corrected chi connectivity index (χ0v) is 3.58. The third-order valence-corrected chi connectivity index (χ3v) is 0.583. The molecule has 7 heavy (non-hydrogen) atoms. The Hall–Kier alpha value is -0.990. The van der Waals surface area contributed by atoms with Crippen molar-refractivity contribution < 1.29 is 9.39 Å². The first kappa shape index (κ1) is 4.18. The monoisotopic (exact) mass is 99.0 g/mol. The molecule has 0 spiro atoms. The van der Waals surface area contributed by atoms with E-state index < -0.39 is 0 Å². The maximum absolute atomic E-state index is 11.7. The van der Waals surface area contributed by atoms with Crippen LogP contribution in [0.4, 0.5) is 4.48 Å². The van der Waals surface area contributed by atoms with Gasteiger partial charge < -0.3 is 0 Å². The van der Waals surface area contributed by atoms with Crippen molar-refractivity contribution in [3.05, 3.63) is 24.5 Å². The molecule has 2 nitrogen and oxygen atoms in total. The van der Waals surface area contributed by atoms with Crippen molar-refractivity contribution >= 4 is 0 Å². The fraction of sp³-hybridized carbons (Fsp3) is 0. The highest BCUT2D eigenvalue weighted by molar-refractivity contribution is 4.76. The highest BCUT2D eigenvalue weighted by Crippen LogP contribution is 1.68. The lowest BCUT2D eigenvalue weighted by molar-refractivity contribution is -0.891. The number of nitrogens with zero attached hydrogens (tertiary/aromatic N) is 2. The lowest BCUT2D eigenvalue weighted by atomic mass is 10.6. The molecule has 0 saturated heterocycles. The van der Waals surface area contributed by atoms with E-state index in [0.29, 0.717) is 0 Å². The Morgan fingerprint density at radius 1 is 1.43 bits per heavy atom. The topological polar surface area (TPSA) is 16.8 Å². The summed E-state index contributed by atoms with van der Waals surface area (Å²) in [7, 11) is 0. The van der Waals surface area contributed by atoms with Gasteiger partial charge >= 0.3 is 0 Å². The largest absolute Gasteiger partial charge is 0.250 e. The van der Waals surface area contributed by atoms with Crippen molar-refractivity contribution in [3.63, 3.8) is 0 Å². The fourth-order valence-electron chi connectivity index (χ4n) is 0.311. The zero-order valence-electron chi connectivity index (χ0n) is 3.58. The van der Waals surface area contributed by atoms with Crippen LogP contribution >= 0.6 is 0 Å². The van der Waals surface area contributed by atoms with Gasteiger partial charge in [0.1, 0.15) is 9.39 Å². The number of aromatic nitrogens is 2. The number of halogens is 1. The second kappa shape index (κ2) is 1.64. The first-order valence-corrected chi connectivity index (χ1v) is 1.89. The maximum Gasteiger partial charge on any atom is 0.250 e. The van der Waals surface area contributed by atoms with Crippen molar-refractivity contribution in [1.29, 1.82) is 0 Å². The van der Waals surface area contributed by atoms with Gasteiger partial charge in [0.05, 0.1) is 6.20 Å². The molecule has 0 aromatic carbocycles. The summed E-state index contributed by atoms with van der Waals surface area (Å²) in [5, 5.41) is 3.23. The summed E-state index contributed by atoms with van der Waals surface area (Å²) < 4.78 is 11.7. The smallest absolute Gasteiger partial charge is 0.0314 e. The predicted molar refractivity (Wildman–Crippen MR) is 20.9 cm³/mol. The second-order valence-electron chi connectivity index (χ2n) is 1.09. The quantitative estimate of drug-likeness (QED) is 0.450. The van der Waals surface area contributed by atoms with Crippen LogP contribution in [0, 0.1) is 0 Å². The Bertz CT molecular complexity index is 140. The first-order valence-electron chi connectivity index (χ1n) is 1.89. The molecule has 0 aliphatic rings. The lowest BCUT2D eigenvalue weighted by Gasteiger charge is -1.67. The van der Waals surface area contributed by atoms with Gasteiger partial charge in [-0.2, -0.15) is 0 Å². The highest BCUT2D eigenvalue weighted by atomic mass is 19.2. The normalized spacial score (nSPS) is 8.71. The van der Waals surface area contributed by atoms with Crippen molar-refractivity contribution in [2.24, 2.45) is 0 Å². The molecule has 1 heterocycles. The summed E-state index contributed by atoms with van der Waals surface area (Å²) in [5.41, 5.74) is 0. The lowest BCUT2D eigenvalue weighted by Crippen LogP contribution is -2.25. The van der Waals surface area contributed by atoms with Gasteiger partial charge in [-0.3, -0.25) is 0 Å². The van der Waals surface area contributed by atoms with Crippen molar-refractivity contribution in [2.75, 3.05) is 0 Å². The summed E-state index contributed by atoms with van der Waals surface area (Å²) >= 11 is 0. The third-order valence-electron chi connectivity index (χ3n) is 0.583. The average molecular weight is 99.1 g/mol. The molecular formula is C4H4FN2+. The summed E-state index contributed by atoms with van der Waals surface area (Å²) in [4.78, 5) is 0.250. The third kappa shape index (κ3) is 0.924. The van der Waals surface area contributed by atoms with E-state index in [4.69, 9.17) is 0 Å². The van der Waals surface area contributed by atoms with E-state index in [1.165, 1.54) is 12.4 Å². The van der Waals surface area contributed by atoms with Gasteiger partial charge in [-0.1, -0.05) is 0 Å². The van der Waals surface area contributed by atoms with E-state index in [2.05, 4.69) is 5.10 Å². The molecule has 1 aromatic heterocycles. The molecule has 0 atom stereocenters. The second-order valence-corrected chi connectivity index (χ2v) is 1.09. The highest BCUT2D eigenvalue weighted by Gasteiger charge is 1.88. The van der Waals surface area contributed by atoms with Crippen LogP contribution in [0.3, 0.4) is 0 Å². The van der Waals surface area contributed by atoms with Crippen LogP contribution < -0.4 is 4.90 Å². The Labute approximate surface area is 40.1 Å². The van der Waals surface area contributed by atoms with Gasteiger partial charge in [-0.15, -0.1) is 0 Å². The van der Waals surface area contributed by atoms with E-state index >= 15 is 0 Å². The number of hydrogen-bond acceptors (Lipinski definition) is 1. The summed E-state index contributed by atoms with van der Waals surface area (Å²) in [6.07, 6.45) is 2.60. The van der Waals surface area contributed by atoms with Crippen LogP contribution in [0.5, 0.6) is 0 Å². The molecule has 0 unspecified atom stereocenters. The van der Waals surface area contributed by atoms with Crippen LogP contribution in [-0.2, 0) is 0 Å². The molecule has 1 aromatic rings. The average Bonchev–Trinajstić information content (AvgIpc) is 1.69. The van der Waals surface area contributed by atoms with Crippen molar-refractivity contribution in [2.45, 2.75) is 0 Å². The first-order chi connectivity index (χ1) is 3.39. The van der Waals surface area contributed by atoms with Gasteiger partial charge in [0.2, 0.25) is 6.20 Å². The molecule has 0 saturated carbocycles. The standard InChI is InChI=1S/C4H4FN2/c5-7-4-2-1-3-6-7/h1-4H/q+1. The van der Waals surface area contributed by atoms with Crippen LogP contribution in [0.2, 0.25) is 0 Å². The fourth-order valence-corrected chi connectivity index (χ4v) is 0.311. The molecule has 1 rings (SSSR count). The molecule has 3 heteroatoms. The molecule has 0 fully saturated rings. The summed E-state index contributed by atoms with van der Waals surface area (Å²) in [6.45, 7) is 0. The molecule has 0 bridgehead atoms.